The highest BCUT2D eigenvalue weighted by Gasteiger charge is 2.28. The van der Waals surface area contributed by atoms with E-state index >= 15 is 0 Å². The summed E-state index contributed by atoms with van der Waals surface area (Å²) in [5.41, 5.74) is 5.32. The van der Waals surface area contributed by atoms with E-state index in [1.165, 1.54) is 83.5 Å². The molecule has 0 saturated carbocycles. The van der Waals surface area contributed by atoms with E-state index in [9.17, 15) is 23.8 Å². The Balaban J connectivity index is 4.36. The number of phosphoric ester groups is 1. The van der Waals surface area contributed by atoms with Crippen molar-refractivity contribution in [1.29, 1.82) is 0 Å². The average Bonchev–Trinajstić information content (AvgIpc) is 3.14. The molecule has 0 aromatic heterocycles. The molecular formula is C42H76NO10P. The highest BCUT2D eigenvalue weighted by molar-refractivity contribution is 7.47. The SMILES string of the molecule is CC/C=C/C=C/C=C/CCCCCCCC(=O)OC(COC(=O)CCCCCCCCCCCCCCCCCCC)COP(=O)(O)OC[C@H](N)C(=O)O. The van der Waals surface area contributed by atoms with Gasteiger partial charge in [-0.3, -0.25) is 23.4 Å². The number of allylic oxidation sites excluding steroid dienone is 6. The zero-order chi connectivity index (χ0) is 40.0. The first kappa shape index (κ1) is 51.7. The first-order valence-corrected chi connectivity index (χ1v) is 22.5. The zero-order valence-corrected chi connectivity index (χ0v) is 34.7. The van der Waals surface area contributed by atoms with E-state index in [-0.39, 0.29) is 19.4 Å². The van der Waals surface area contributed by atoms with Gasteiger partial charge in [-0.25, -0.2) is 4.57 Å². The van der Waals surface area contributed by atoms with E-state index in [1.807, 2.05) is 24.3 Å². The molecular weight excluding hydrogens is 709 g/mol. The van der Waals surface area contributed by atoms with Crippen molar-refractivity contribution in [3.63, 3.8) is 0 Å². The van der Waals surface area contributed by atoms with Gasteiger partial charge in [0.25, 0.3) is 0 Å². The summed E-state index contributed by atoms with van der Waals surface area (Å²) in [6.45, 7) is 2.65. The molecule has 4 N–H and O–H groups in total. The van der Waals surface area contributed by atoms with Gasteiger partial charge in [0.05, 0.1) is 13.2 Å². The number of hydrogen-bond donors (Lipinski definition) is 3. The van der Waals surface area contributed by atoms with Gasteiger partial charge < -0.3 is 25.2 Å². The summed E-state index contributed by atoms with van der Waals surface area (Å²) in [7, 11) is -4.72. The van der Waals surface area contributed by atoms with Gasteiger partial charge in [-0.05, 0) is 32.1 Å². The van der Waals surface area contributed by atoms with Crippen molar-refractivity contribution in [1.82, 2.24) is 0 Å². The number of carbonyl (C=O) groups is 3. The van der Waals surface area contributed by atoms with Crippen LogP contribution in [-0.4, -0.2) is 59.9 Å². The maximum Gasteiger partial charge on any atom is 0.472 e. The third kappa shape index (κ3) is 36.7. The average molecular weight is 786 g/mol. The van der Waals surface area contributed by atoms with Crippen molar-refractivity contribution >= 4 is 25.7 Å². The number of ether oxygens (including phenoxy) is 2. The monoisotopic (exact) mass is 786 g/mol. The topological polar surface area (TPSA) is 172 Å². The van der Waals surface area contributed by atoms with Crippen molar-refractivity contribution in [3.8, 4) is 0 Å². The molecule has 0 saturated heterocycles. The molecule has 0 aliphatic carbocycles. The Hall–Kier alpha value is -2.30. The van der Waals surface area contributed by atoms with Gasteiger partial charge >= 0.3 is 25.7 Å². The molecule has 0 fully saturated rings. The fourth-order valence-corrected chi connectivity index (χ4v) is 6.43. The molecule has 3 atom stereocenters. The smallest absolute Gasteiger partial charge is 0.472 e. The predicted octanol–water partition coefficient (Wildman–Crippen LogP) is 10.8. The van der Waals surface area contributed by atoms with Crippen LogP contribution in [0.1, 0.15) is 181 Å². The van der Waals surface area contributed by atoms with Crippen molar-refractivity contribution in [2.45, 2.75) is 193 Å². The Bertz CT molecular complexity index is 1060. The summed E-state index contributed by atoms with van der Waals surface area (Å²) in [4.78, 5) is 45.9. The van der Waals surface area contributed by atoms with Gasteiger partial charge in [0.2, 0.25) is 0 Å². The van der Waals surface area contributed by atoms with Crippen molar-refractivity contribution < 1.29 is 47.5 Å². The number of unbranched alkanes of at least 4 members (excludes halogenated alkanes) is 21. The second kappa shape index (κ2) is 37.6. The number of aliphatic carboxylic acids is 1. The quantitative estimate of drug-likeness (QED) is 0.0234. The normalized spacial score (nSPS) is 14.1. The third-order valence-electron chi connectivity index (χ3n) is 8.96. The lowest BCUT2D eigenvalue weighted by molar-refractivity contribution is -0.161. The Morgan fingerprint density at radius 2 is 1.04 bits per heavy atom. The predicted molar refractivity (Wildman–Crippen MR) is 217 cm³/mol. The van der Waals surface area contributed by atoms with E-state index < -0.39 is 51.1 Å². The fraction of sp³-hybridized carbons (Fsp3) is 0.786. The molecule has 0 aromatic rings. The Kier molecular flexibility index (Phi) is 36.0. The number of carboxylic acid groups (broad SMARTS) is 1. The molecule has 0 aromatic carbocycles. The van der Waals surface area contributed by atoms with Crippen molar-refractivity contribution in [2.75, 3.05) is 19.8 Å². The van der Waals surface area contributed by atoms with Gasteiger partial charge in [0.1, 0.15) is 12.6 Å². The van der Waals surface area contributed by atoms with E-state index in [4.69, 9.17) is 24.8 Å². The number of carbonyl (C=O) groups excluding carboxylic acids is 2. The van der Waals surface area contributed by atoms with Gasteiger partial charge in [0, 0.05) is 12.8 Å². The minimum atomic E-state index is -4.72. The molecule has 0 radical (unpaired) electrons. The molecule has 0 spiro atoms. The highest BCUT2D eigenvalue weighted by atomic mass is 31.2. The van der Waals surface area contributed by atoms with Crippen molar-refractivity contribution in [3.05, 3.63) is 36.5 Å². The lowest BCUT2D eigenvalue weighted by atomic mass is 10.0. The number of hydrogen-bond acceptors (Lipinski definition) is 9. The Labute approximate surface area is 327 Å². The molecule has 0 rings (SSSR count). The Morgan fingerprint density at radius 1 is 0.593 bits per heavy atom. The van der Waals surface area contributed by atoms with Crippen molar-refractivity contribution in [2.24, 2.45) is 5.73 Å². The van der Waals surface area contributed by atoms with E-state index in [0.29, 0.717) is 12.8 Å². The first-order valence-electron chi connectivity index (χ1n) is 21.0. The van der Waals surface area contributed by atoms with Crippen LogP contribution in [0, 0.1) is 0 Å². The largest absolute Gasteiger partial charge is 0.480 e. The van der Waals surface area contributed by atoms with Crippen LogP contribution in [0.3, 0.4) is 0 Å². The van der Waals surface area contributed by atoms with Gasteiger partial charge in [-0.2, -0.15) is 0 Å². The van der Waals surface area contributed by atoms with Crippen LogP contribution >= 0.6 is 7.82 Å². The molecule has 0 aliphatic heterocycles. The van der Waals surface area contributed by atoms with Crippen LogP contribution in [0.4, 0.5) is 0 Å². The molecule has 54 heavy (non-hydrogen) atoms. The van der Waals surface area contributed by atoms with E-state index in [2.05, 4.69) is 30.5 Å². The van der Waals surface area contributed by atoms with Crippen LogP contribution in [-0.2, 0) is 37.5 Å². The molecule has 0 amide bonds. The summed E-state index contributed by atoms with van der Waals surface area (Å²) in [5.74, 6) is -2.40. The summed E-state index contributed by atoms with van der Waals surface area (Å²) < 4.78 is 32.6. The molecule has 0 heterocycles. The number of phosphoric acid groups is 1. The molecule has 0 bridgehead atoms. The summed E-state index contributed by atoms with van der Waals surface area (Å²) in [6.07, 6.45) is 39.3. The molecule has 11 nitrogen and oxygen atoms in total. The molecule has 314 valence electrons. The minimum absolute atomic E-state index is 0.139. The summed E-state index contributed by atoms with van der Waals surface area (Å²) in [5, 5.41) is 8.87. The molecule has 12 heteroatoms. The number of rotatable bonds is 39. The minimum Gasteiger partial charge on any atom is -0.480 e. The Morgan fingerprint density at radius 3 is 1.54 bits per heavy atom. The van der Waals surface area contributed by atoms with Crippen LogP contribution < -0.4 is 5.73 Å². The van der Waals surface area contributed by atoms with E-state index in [0.717, 1.165) is 57.8 Å². The standard InChI is InChI=1S/C42H76NO10P/c1-3-5-7-9-11-13-15-17-18-19-20-22-23-25-27-29-31-33-40(44)50-35-38(36-51-54(48,49)52-37-39(43)42(46)47)53-41(45)34-32-30-28-26-24-21-16-14-12-10-8-6-4-2/h6,8,10,12,14,16,38-39H,3-5,7,9,11,13,15,17-37,43H2,1-2H3,(H,46,47)(H,48,49)/b8-6+,12-10+,16-14+/t38?,39-/m0/s1. The number of esters is 2. The number of nitrogens with two attached hydrogens (primary N) is 1. The number of carboxylic acids is 1. The molecule has 2 unspecified atom stereocenters. The highest BCUT2D eigenvalue weighted by Crippen LogP contribution is 2.43. The zero-order valence-electron chi connectivity index (χ0n) is 33.8. The fourth-order valence-electron chi connectivity index (χ4n) is 5.65. The maximum absolute atomic E-state index is 12.6. The first-order chi connectivity index (χ1) is 26.1. The second-order valence-corrected chi connectivity index (χ2v) is 15.6. The lowest BCUT2D eigenvalue weighted by Gasteiger charge is -2.20. The summed E-state index contributed by atoms with van der Waals surface area (Å²) in [6, 6.07) is -1.52. The van der Waals surface area contributed by atoms with Crippen LogP contribution in [0.15, 0.2) is 36.5 Å². The van der Waals surface area contributed by atoms with E-state index in [1.54, 1.807) is 0 Å². The molecule has 0 aliphatic rings. The van der Waals surface area contributed by atoms with Crippen LogP contribution in [0.2, 0.25) is 0 Å². The van der Waals surface area contributed by atoms with Gasteiger partial charge in [-0.15, -0.1) is 0 Å². The lowest BCUT2D eigenvalue weighted by Crippen LogP contribution is -2.34. The third-order valence-corrected chi connectivity index (χ3v) is 9.91. The van der Waals surface area contributed by atoms with Crippen LogP contribution in [0.25, 0.3) is 0 Å². The summed E-state index contributed by atoms with van der Waals surface area (Å²) >= 11 is 0. The van der Waals surface area contributed by atoms with Gasteiger partial charge in [0.15, 0.2) is 6.10 Å². The maximum atomic E-state index is 12.6. The van der Waals surface area contributed by atoms with Gasteiger partial charge in [-0.1, -0.05) is 172 Å². The van der Waals surface area contributed by atoms with Crippen LogP contribution in [0.5, 0.6) is 0 Å². The second-order valence-electron chi connectivity index (χ2n) is 14.2.